The number of rotatable bonds is 8. The lowest BCUT2D eigenvalue weighted by Crippen LogP contribution is -2.48. The van der Waals surface area contributed by atoms with E-state index in [1.165, 1.54) is 22.8 Å². The van der Waals surface area contributed by atoms with Gasteiger partial charge in [-0.1, -0.05) is 17.7 Å². The molecule has 3 N–H and O–H groups in total. The smallest absolute Gasteiger partial charge is 0.333 e. The minimum atomic E-state index is -3.89. The Kier molecular flexibility index (Phi) is 8.59. The minimum Gasteiger partial charge on any atom is -0.382 e. The lowest BCUT2D eigenvalue weighted by Gasteiger charge is -2.39. The third-order valence-electron chi connectivity index (χ3n) is 7.56. The van der Waals surface area contributed by atoms with E-state index in [0.717, 1.165) is 18.0 Å². The molecule has 0 saturated carbocycles. The normalized spacial score (nSPS) is 17.9. The summed E-state index contributed by atoms with van der Waals surface area (Å²) in [6.45, 7) is 1.15. The zero-order valence-corrected chi connectivity index (χ0v) is 26.3. The summed E-state index contributed by atoms with van der Waals surface area (Å²) in [7, 11) is -2.32. The van der Waals surface area contributed by atoms with Crippen LogP contribution in [0.25, 0.3) is 10.9 Å². The summed E-state index contributed by atoms with van der Waals surface area (Å²) in [5.74, 6) is -0.716. The Balaban J connectivity index is 1.54. The number of pyridine rings is 1. The van der Waals surface area contributed by atoms with Crippen molar-refractivity contribution in [3.05, 3.63) is 74.6 Å². The number of β-amino-alcohol motifs (C(OH)–C–C–N with tert-alkyl or cyclic N) is 1. The molecule has 5 rings (SSSR count). The molecule has 17 heteroatoms. The maximum atomic E-state index is 13.7. The molecule has 0 aliphatic carbocycles. The second kappa shape index (κ2) is 12.0. The number of aliphatic hydroxyl groups is 1. The lowest BCUT2D eigenvalue weighted by atomic mass is 9.90. The minimum absolute atomic E-state index is 0.0230. The Morgan fingerprint density at radius 3 is 2.60 bits per heavy atom. The third-order valence-corrected chi connectivity index (χ3v) is 8.33. The highest BCUT2D eigenvalue weighted by atomic mass is 35.5. The van der Waals surface area contributed by atoms with Gasteiger partial charge in [0, 0.05) is 25.4 Å². The number of amides is 1. The predicted molar refractivity (Wildman–Crippen MR) is 164 cm³/mol. The van der Waals surface area contributed by atoms with E-state index in [1.54, 1.807) is 24.9 Å². The molecule has 0 bridgehead atoms. The average Bonchev–Trinajstić information content (AvgIpc) is 3.47. The quantitative estimate of drug-likeness (QED) is 0.238. The van der Waals surface area contributed by atoms with E-state index in [4.69, 9.17) is 16.6 Å². The summed E-state index contributed by atoms with van der Waals surface area (Å²) in [6.07, 6.45) is 2.71. The summed E-state index contributed by atoms with van der Waals surface area (Å²) in [5.41, 5.74) is -0.136. The van der Waals surface area contributed by atoms with Gasteiger partial charge in [-0.15, -0.1) is 0 Å². The molecule has 1 saturated heterocycles. The molecule has 1 aliphatic heterocycles. The van der Waals surface area contributed by atoms with Crippen LogP contribution in [0.5, 0.6) is 0 Å². The van der Waals surface area contributed by atoms with E-state index in [2.05, 4.69) is 15.4 Å². The standard InChI is InChI=1S/C28H31ClF2N8O5S/c1-15-12-17(16(2)32-19-6-7-21(29)33-23(19)24(40)36-45(4,43)44)22-18(13-15)25(41)37(3)27(34-22)38-10-5-9-28(42,14-38)20-8-11-39(35-20)26(30)31/h6-8,11-13,16,26,32,42H,5,9-10,14H2,1-4H3,(H,36,40)/t16-,28-/m1/s1. The van der Waals surface area contributed by atoms with Crippen LogP contribution >= 0.6 is 11.6 Å². The average molecular weight is 665 g/mol. The lowest BCUT2D eigenvalue weighted by molar-refractivity contribution is 0.0119. The van der Waals surface area contributed by atoms with Crippen molar-refractivity contribution in [3.8, 4) is 0 Å². The molecule has 0 radical (unpaired) electrons. The maximum Gasteiger partial charge on any atom is 0.333 e. The van der Waals surface area contributed by atoms with Crippen LogP contribution in [0.2, 0.25) is 5.15 Å². The van der Waals surface area contributed by atoms with E-state index >= 15 is 0 Å². The molecule has 45 heavy (non-hydrogen) atoms. The van der Waals surface area contributed by atoms with Gasteiger partial charge < -0.3 is 15.3 Å². The SMILES string of the molecule is Cc1cc([C@@H](C)Nc2ccc(Cl)nc2C(=O)NS(C)(=O)=O)c2nc(N3CCC[C@](O)(c4ccn(C(F)F)n4)C3)n(C)c(=O)c2c1. The van der Waals surface area contributed by atoms with Crippen molar-refractivity contribution < 1.29 is 27.1 Å². The van der Waals surface area contributed by atoms with Gasteiger partial charge in [0.05, 0.1) is 41.1 Å². The Morgan fingerprint density at radius 2 is 1.93 bits per heavy atom. The number of carbonyl (C=O) groups excluding carboxylic acids is 1. The molecular formula is C28H31ClF2N8O5S. The number of benzene rings is 1. The van der Waals surface area contributed by atoms with Crippen LogP contribution < -0.4 is 20.5 Å². The maximum absolute atomic E-state index is 13.7. The molecule has 2 atom stereocenters. The summed E-state index contributed by atoms with van der Waals surface area (Å²) in [5, 5.41) is 18.8. The van der Waals surface area contributed by atoms with E-state index in [1.807, 2.05) is 17.7 Å². The van der Waals surface area contributed by atoms with Crippen molar-refractivity contribution in [2.45, 2.75) is 44.9 Å². The predicted octanol–water partition coefficient (Wildman–Crippen LogP) is 3.23. The van der Waals surface area contributed by atoms with Crippen LogP contribution in [-0.2, 0) is 22.7 Å². The molecule has 240 valence electrons. The number of hydrogen-bond donors (Lipinski definition) is 3. The zero-order chi connectivity index (χ0) is 32.8. The largest absolute Gasteiger partial charge is 0.382 e. The number of nitrogens with zero attached hydrogens (tertiary/aromatic N) is 6. The number of anilines is 2. The molecule has 1 amide bonds. The van der Waals surface area contributed by atoms with Gasteiger partial charge in [-0.3, -0.25) is 14.2 Å². The highest BCUT2D eigenvalue weighted by Gasteiger charge is 2.39. The van der Waals surface area contributed by atoms with Crippen LogP contribution in [0, 0.1) is 6.92 Å². The second-order valence-corrected chi connectivity index (χ2v) is 13.3. The molecule has 0 unspecified atom stereocenters. The first-order chi connectivity index (χ1) is 21.1. The first-order valence-electron chi connectivity index (χ1n) is 13.8. The molecule has 4 aromatic rings. The summed E-state index contributed by atoms with van der Waals surface area (Å²) in [6, 6.07) is 7.25. The van der Waals surface area contributed by atoms with Crippen LogP contribution in [-0.4, -0.2) is 63.1 Å². The van der Waals surface area contributed by atoms with Crippen LogP contribution in [0.4, 0.5) is 20.4 Å². The van der Waals surface area contributed by atoms with Crippen molar-refractivity contribution in [2.24, 2.45) is 7.05 Å². The van der Waals surface area contributed by atoms with Gasteiger partial charge in [0.1, 0.15) is 10.8 Å². The number of piperidine rings is 1. The van der Waals surface area contributed by atoms with E-state index in [0.29, 0.717) is 34.1 Å². The molecule has 1 fully saturated rings. The number of sulfonamides is 1. The van der Waals surface area contributed by atoms with Gasteiger partial charge >= 0.3 is 6.55 Å². The van der Waals surface area contributed by atoms with Crippen molar-refractivity contribution in [1.29, 1.82) is 0 Å². The van der Waals surface area contributed by atoms with Crippen molar-refractivity contribution in [1.82, 2.24) is 29.0 Å². The number of fused-ring (bicyclic) bond motifs is 1. The molecule has 13 nitrogen and oxygen atoms in total. The molecule has 0 spiro atoms. The van der Waals surface area contributed by atoms with Gasteiger partial charge in [0.2, 0.25) is 16.0 Å². The highest BCUT2D eigenvalue weighted by Crippen LogP contribution is 2.34. The summed E-state index contributed by atoms with van der Waals surface area (Å²) < 4.78 is 53.5. The topological polar surface area (TPSA) is 164 Å². The monoisotopic (exact) mass is 664 g/mol. The number of halogens is 3. The van der Waals surface area contributed by atoms with Gasteiger partial charge in [-0.2, -0.15) is 13.9 Å². The number of hydrogen-bond acceptors (Lipinski definition) is 10. The second-order valence-electron chi connectivity index (χ2n) is 11.1. The zero-order valence-electron chi connectivity index (χ0n) is 24.8. The van der Waals surface area contributed by atoms with Gasteiger partial charge in [-0.05, 0) is 56.5 Å². The fourth-order valence-electron chi connectivity index (χ4n) is 5.52. The van der Waals surface area contributed by atoms with E-state index < -0.39 is 34.1 Å². The molecular weight excluding hydrogens is 634 g/mol. The van der Waals surface area contributed by atoms with Gasteiger partial charge in [-0.25, -0.2) is 27.8 Å². The molecule has 4 heterocycles. The molecule has 1 aliphatic rings. The number of carbonyl (C=O) groups is 1. The number of aryl methyl sites for hydroxylation is 1. The van der Waals surface area contributed by atoms with E-state index in [9.17, 15) is 31.9 Å². The van der Waals surface area contributed by atoms with Crippen LogP contribution in [0.15, 0.2) is 41.3 Å². The fourth-order valence-corrected chi connectivity index (χ4v) is 6.10. The molecule has 1 aromatic carbocycles. The first kappa shape index (κ1) is 32.2. The number of nitrogens with one attached hydrogen (secondary N) is 2. The van der Waals surface area contributed by atoms with Crippen LogP contribution in [0.3, 0.4) is 0 Å². The first-order valence-corrected chi connectivity index (χ1v) is 16.1. The van der Waals surface area contributed by atoms with Crippen molar-refractivity contribution in [2.75, 3.05) is 29.6 Å². The summed E-state index contributed by atoms with van der Waals surface area (Å²) >= 11 is 6.01. The Morgan fingerprint density at radius 1 is 1.20 bits per heavy atom. The third kappa shape index (κ3) is 6.62. The van der Waals surface area contributed by atoms with Crippen molar-refractivity contribution >= 4 is 50.1 Å². The Bertz CT molecular complexity index is 1970. The molecule has 3 aromatic heterocycles. The van der Waals surface area contributed by atoms with Gasteiger partial charge in [0.25, 0.3) is 11.5 Å². The van der Waals surface area contributed by atoms with Crippen LogP contribution in [0.1, 0.15) is 59.7 Å². The van der Waals surface area contributed by atoms with Crippen molar-refractivity contribution in [3.63, 3.8) is 0 Å². The Labute approximate surface area is 261 Å². The highest BCUT2D eigenvalue weighted by molar-refractivity contribution is 7.89. The number of alkyl halides is 2. The summed E-state index contributed by atoms with van der Waals surface area (Å²) in [4.78, 5) is 37.0. The fraction of sp³-hybridized carbons (Fsp3) is 0.393. The van der Waals surface area contributed by atoms with E-state index in [-0.39, 0.29) is 46.7 Å². The van der Waals surface area contributed by atoms with Gasteiger partial charge in [0.15, 0.2) is 5.69 Å². The number of aromatic nitrogens is 5. The Hall–Kier alpha value is -4.15.